The van der Waals surface area contributed by atoms with Gasteiger partial charge in [0.15, 0.2) is 5.82 Å². The van der Waals surface area contributed by atoms with E-state index >= 15 is 0 Å². The van der Waals surface area contributed by atoms with Gasteiger partial charge in [-0.1, -0.05) is 54.6 Å². The Hall–Kier alpha value is -3.95. The fraction of sp³-hybridized carbons (Fsp3) is 0.321. The molecule has 0 spiro atoms. The van der Waals surface area contributed by atoms with Crippen LogP contribution in [-0.4, -0.2) is 46.9 Å². The second-order valence-corrected chi connectivity index (χ2v) is 8.90. The van der Waals surface area contributed by atoms with E-state index in [9.17, 15) is 4.79 Å². The third-order valence-electron chi connectivity index (χ3n) is 5.86. The Kier molecular flexibility index (Phi) is 8.71. The first-order valence-corrected chi connectivity index (χ1v) is 12.4. The van der Waals surface area contributed by atoms with Crippen molar-refractivity contribution in [3.63, 3.8) is 0 Å². The third kappa shape index (κ3) is 6.63. The van der Waals surface area contributed by atoms with Gasteiger partial charge in [0.1, 0.15) is 24.6 Å². The molecule has 9 nitrogen and oxygen atoms in total. The maximum Gasteiger partial charge on any atom is 0.407 e. The number of ether oxygens (including phenoxy) is 2. The lowest BCUT2D eigenvalue weighted by Gasteiger charge is -2.12. The number of nitrogens with zero attached hydrogens (tertiary/aromatic N) is 3. The van der Waals surface area contributed by atoms with Gasteiger partial charge in [-0.05, 0) is 31.0 Å². The lowest BCUT2D eigenvalue weighted by molar-refractivity contribution is 0.126. The largest absolute Gasteiger partial charge is 0.448 e. The van der Waals surface area contributed by atoms with Gasteiger partial charge in [-0.2, -0.15) is 0 Å². The zero-order valence-electron chi connectivity index (χ0n) is 21.4. The number of imidazole rings is 1. The minimum Gasteiger partial charge on any atom is -0.448 e. The van der Waals surface area contributed by atoms with Gasteiger partial charge in [-0.3, -0.25) is 0 Å². The number of anilines is 1. The van der Waals surface area contributed by atoms with E-state index in [4.69, 9.17) is 20.2 Å². The third-order valence-corrected chi connectivity index (χ3v) is 5.86. The number of carbonyl (C=O) groups excluding carboxylic acids is 1. The summed E-state index contributed by atoms with van der Waals surface area (Å²) in [5.41, 5.74) is 11.8. The molecule has 4 rings (SSSR count). The van der Waals surface area contributed by atoms with Crippen molar-refractivity contribution in [1.29, 1.82) is 0 Å². The molecule has 2 aromatic carbocycles. The Balaban J connectivity index is 1.45. The summed E-state index contributed by atoms with van der Waals surface area (Å²) < 4.78 is 13.0. The lowest BCUT2D eigenvalue weighted by Crippen LogP contribution is -2.28. The Morgan fingerprint density at radius 1 is 1.11 bits per heavy atom. The van der Waals surface area contributed by atoms with Gasteiger partial charge in [0, 0.05) is 38.2 Å². The van der Waals surface area contributed by atoms with E-state index in [2.05, 4.69) is 26.8 Å². The molecule has 9 heteroatoms. The van der Waals surface area contributed by atoms with E-state index in [1.54, 1.807) is 0 Å². The molecule has 0 atom stereocenters. The molecule has 0 bridgehead atoms. The van der Waals surface area contributed by atoms with Crippen molar-refractivity contribution < 1.29 is 14.3 Å². The van der Waals surface area contributed by atoms with Gasteiger partial charge in [0.2, 0.25) is 0 Å². The van der Waals surface area contributed by atoms with Crippen LogP contribution in [0.25, 0.3) is 21.9 Å². The zero-order chi connectivity index (χ0) is 26.2. The van der Waals surface area contributed by atoms with Gasteiger partial charge in [0.05, 0.1) is 11.0 Å². The molecular formula is C28H34N6O3. The summed E-state index contributed by atoms with van der Waals surface area (Å²) in [5, 5.41) is 6.93. The summed E-state index contributed by atoms with van der Waals surface area (Å²) in [6.45, 7) is 11.3. The first-order chi connectivity index (χ1) is 18.0. The number of para-hydroxylation sites is 1. The average molecular weight is 503 g/mol. The molecule has 0 saturated carbocycles. The number of aromatic nitrogens is 3. The highest BCUT2D eigenvalue weighted by molar-refractivity contribution is 6.06. The number of nitrogen functional groups attached to an aromatic ring is 1. The molecule has 4 aromatic rings. The standard InChI is InChI=1S/C28H34N6O3/c1-4-36-18-24-33-25-26(22-7-5-6-8-23(22)32-27(25)29)34(24)17-21-11-9-20(10-12-21)16-31-28(35)37-14-13-30-15-19(2)3/h5-12,30H,2,4,13-18H2,1,3H3,(H2,29,32)(H,31,35). The van der Waals surface area contributed by atoms with Crippen LogP contribution in [0.2, 0.25) is 0 Å². The maximum absolute atomic E-state index is 12.0. The van der Waals surface area contributed by atoms with Crippen molar-refractivity contribution >= 4 is 33.8 Å². The SMILES string of the molecule is C=C(C)CNCCOC(=O)NCc1ccc(Cn2c(COCC)nc3c(N)nc4ccccc4c32)cc1. The average Bonchev–Trinajstić information content (AvgIpc) is 3.25. The molecule has 0 saturated heterocycles. The van der Waals surface area contributed by atoms with Gasteiger partial charge in [-0.15, -0.1) is 0 Å². The fourth-order valence-electron chi connectivity index (χ4n) is 4.07. The van der Waals surface area contributed by atoms with E-state index < -0.39 is 6.09 Å². The van der Waals surface area contributed by atoms with Crippen LogP contribution in [-0.2, 0) is 29.2 Å². The van der Waals surface area contributed by atoms with Crippen LogP contribution in [0.3, 0.4) is 0 Å². The highest BCUT2D eigenvalue weighted by Crippen LogP contribution is 2.29. The molecule has 0 aliphatic heterocycles. The lowest BCUT2D eigenvalue weighted by atomic mass is 10.1. The number of pyridine rings is 1. The molecule has 0 aliphatic carbocycles. The van der Waals surface area contributed by atoms with Crippen molar-refractivity contribution in [3.05, 3.63) is 77.6 Å². The Morgan fingerprint density at radius 3 is 2.62 bits per heavy atom. The number of benzene rings is 2. The highest BCUT2D eigenvalue weighted by Gasteiger charge is 2.17. The van der Waals surface area contributed by atoms with E-state index in [1.807, 2.05) is 62.4 Å². The van der Waals surface area contributed by atoms with E-state index in [-0.39, 0.29) is 0 Å². The maximum atomic E-state index is 12.0. The van der Waals surface area contributed by atoms with Crippen molar-refractivity contribution in [3.8, 4) is 0 Å². The molecule has 2 aromatic heterocycles. The Bertz CT molecular complexity index is 1380. The van der Waals surface area contributed by atoms with Crippen LogP contribution < -0.4 is 16.4 Å². The topological polar surface area (TPSA) is 116 Å². The van der Waals surface area contributed by atoms with E-state index in [0.717, 1.165) is 38.9 Å². The molecule has 1 amide bonds. The second kappa shape index (κ2) is 12.3. The smallest absolute Gasteiger partial charge is 0.407 e. The van der Waals surface area contributed by atoms with Crippen LogP contribution >= 0.6 is 0 Å². The molecule has 194 valence electrons. The first kappa shape index (κ1) is 26.1. The number of rotatable bonds is 12. The normalized spacial score (nSPS) is 11.2. The fourth-order valence-corrected chi connectivity index (χ4v) is 4.07. The van der Waals surface area contributed by atoms with Crippen molar-refractivity contribution in [2.24, 2.45) is 0 Å². The van der Waals surface area contributed by atoms with Gasteiger partial charge >= 0.3 is 6.09 Å². The van der Waals surface area contributed by atoms with Crippen molar-refractivity contribution in [2.75, 3.05) is 32.0 Å². The zero-order valence-corrected chi connectivity index (χ0v) is 21.4. The molecule has 37 heavy (non-hydrogen) atoms. The van der Waals surface area contributed by atoms with E-state index in [0.29, 0.717) is 57.3 Å². The van der Waals surface area contributed by atoms with Gasteiger partial charge < -0.3 is 30.4 Å². The molecule has 4 N–H and O–H groups in total. The highest BCUT2D eigenvalue weighted by atomic mass is 16.5. The minimum atomic E-state index is -0.440. The number of nitrogens with one attached hydrogen (secondary N) is 2. The van der Waals surface area contributed by atoms with E-state index in [1.165, 1.54) is 0 Å². The van der Waals surface area contributed by atoms with Crippen LogP contribution in [0, 0.1) is 0 Å². The summed E-state index contributed by atoms with van der Waals surface area (Å²) in [5.74, 6) is 1.21. The number of alkyl carbamates (subject to hydrolysis) is 1. The molecular weight excluding hydrogens is 468 g/mol. The number of hydrogen-bond acceptors (Lipinski definition) is 7. The number of fused-ring (bicyclic) bond motifs is 3. The summed E-state index contributed by atoms with van der Waals surface area (Å²) in [6, 6.07) is 16.0. The summed E-state index contributed by atoms with van der Waals surface area (Å²) in [7, 11) is 0. The Morgan fingerprint density at radius 2 is 1.86 bits per heavy atom. The summed E-state index contributed by atoms with van der Waals surface area (Å²) in [6.07, 6.45) is -0.440. The molecule has 0 radical (unpaired) electrons. The predicted molar refractivity (Wildman–Crippen MR) is 146 cm³/mol. The number of hydrogen-bond donors (Lipinski definition) is 3. The summed E-state index contributed by atoms with van der Waals surface area (Å²) >= 11 is 0. The number of carbonyl (C=O) groups is 1. The van der Waals surface area contributed by atoms with Gasteiger partial charge in [0.25, 0.3) is 0 Å². The molecule has 0 aliphatic rings. The van der Waals surface area contributed by atoms with Crippen LogP contribution in [0.4, 0.5) is 10.6 Å². The minimum absolute atomic E-state index is 0.301. The Labute approximate surface area is 216 Å². The second-order valence-electron chi connectivity index (χ2n) is 8.90. The van der Waals surface area contributed by atoms with Crippen LogP contribution in [0.1, 0.15) is 30.8 Å². The van der Waals surface area contributed by atoms with Crippen LogP contribution in [0.5, 0.6) is 0 Å². The molecule has 2 heterocycles. The van der Waals surface area contributed by atoms with Crippen molar-refractivity contribution in [1.82, 2.24) is 25.2 Å². The van der Waals surface area contributed by atoms with Gasteiger partial charge in [-0.25, -0.2) is 14.8 Å². The number of nitrogens with two attached hydrogens (primary N) is 1. The van der Waals surface area contributed by atoms with Crippen molar-refractivity contribution in [2.45, 2.75) is 33.5 Å². The number of amides is 1. The monoisotopic (exact) mass is 502 g/mol. The molecule has 0 unspecified atom stereocenters. The van der Waals surface area contributed by atoms with Crippen LogP contribution in [0.15, 0.2) is 60.7 Å². The molecule has 0 fully saturated rings. The predicted octanol–water partition coefficient (Wildman–Crippen LogP) is 4.14. The quantitative estimate of drug-likeness (QED) is 0.197. The summed E-state index contributed by atoms with van der Waals surface area (Å²) in [4.78, 5) is 21.3. The first-order valence-electron chi connectivity index (χ1n) is 12.4.